The molecule has 0 aromatic carbocycles. The lowest BCUT2D eigenvalue weighted by Gasteiger charge is -2.02. The summed E-state index contributed by atoms with van der Waals surface area (Å²) in [5, 5.41) is 11.8. The first-order chi connectivity index (χ1) is 9.86. The highest BCUT2D eigenvalue weighted by atomic mass is 15.2. The van der Waals surface area contributed by atoms with Crippen LogP contribution in [0.2, 0.25) is 0 Å². The van der Waals surface area contributed by atoms with E-state index in [1.807, 2.05) is 28.8 Å². The molecule has 0 fully saturated rings. The molecule has 104 valence electrons. The second-order valence-electron chi connectivity index (χ2n) is 4.82. The molecule has 5 nitrogen and oxygen atoms in total. The third kappa shape index (κ3) is 2.72. The van der Waals surface area contributed by atoms with Crippen LogP contribution in [-0.4, -0.2) is 25.7 Å². The number of rotatable bonds is 6. The Morgan fingerprint density at radius 3 is 2.95 bits per heavy atom. The molecule has 3 heterocycles. The van der Waals surface area contributed by atoms with Gasteiger partial charge in [0, 0.05) is 44.6 Å². The van der Waals surface area contributed by atoms with Gasteiger partial charge in [0.1, 0.15) is 5.82 Å². The summed E-state index contributed by atoms with van der Waals surface area (Å²) in [5.74, 6) is 0.999. The SMILES string of the molecule is CCn1ccc(CNCCc2nnc3ccccn23)c1. The van der Waals surface area contributed by atoms with E-state index in [9.17, 15) is 0 Å². The van der Waals surface area contributed by atoms with E-state index < -0.39 is 0 Å². The molecular formula is C15H19N5. The first-order valence-electron chi connectivity index (χ1n) is 7.01. The van der Waals surface area contributed by atoms with Gasteiger partial charge in [-0.05, 0) is 30.7 Å². The molecular weight excluding hydrogens is 250 g/mol. The van der Waals surface area contributed by atoms with E-state index in [4.69, 9.17) is 0 Å². The van der Waals surface area contributed by atoms with Gasteiger partial charge in [0.05, 0.1) is 0 Å². The van der Waals surface area contributed by atoms with Gasteiger partial charge in [-0.2, -0.15) is 0 Å². The Kier molecular flexibility index (Phi) is 3.78. The number of nitrogens with zero attached hydrogens (tertiary/aromatic N) is 4. The van der Waals surface area contributed by atoms with Crippen LogP contribution in [0, 0.1) is 0 Å². The Hall–Kier alpha value is -2.14. The third-order valence-electron chi connectivity index (χ3n) is 3.42. The van der Waals surface area contributed by atoms with Crippen molar-refractivity contribution in [2.45, 2.75) is 26.4 Å². The van der Waals surface area contributed by atoms with Crippen LogP contribution in [0.3, 0.4) is 0 Å². The monoisotopic (exact) mass is 269 g/mol. The van der Waals surface area contributed by atoms with Crippen LogP contribution in [-0.2, 0) is 19.5 Å². The van der Waals surface area contributed by atoms with Crippen molar-refractivity contribution < 1.29 is 0 Å². The van der Waals surface area contributed by atoms with E-state index in [1.54, 1.807) is 0 Å². The second kappa shape index (κ2) is 5.88. The van der Waals surface area contributed by atoms with Gasteiger partial charge < -0.3 is 9.88 Å². The quantitative estimate of drug-likeness (QED) is 0.695. The van der Waals surface area contributed by atoms with Gasteiger partial charge in [0.15, 0.2) is 5.65 Å². The molecule has 0 atom stereocenters. The summed E-state index contributed by atoms with van der Waals surface area (Å²) >= 11 is 0. The van der Waals surface area contributed by atoms with E-state index in [-0.39, 0.29) is 0 Å². The van der Waals surface area contributed by atoms with Crippen LogP contribution >= 0.6 is 0 Å². The van der Waals surface area contributed by atoms with Crippen molar-refractivity contribution in [3.05, 3.63) is 54.2 Å². The van der Waals surface area contributed by atoms with E-state index in [0.29, 0.717) is 0 Å². The number of nitrogens with one attached hydrogen (secondary N) is 1. The predicted molar refractivity (Wildman–Crippen MR) is 78.5 cm³/mol. The van der Waals surface area contributed by atoms with Crippen molar-refractivity contribution in [1.29, 1.82) is 0 Å². The fourth-order valence-corrected chi connectivity index (χ4v) is 2.29. The highest BCUT2D eigenvalue weighted by Crippen LogP contribution is 2.04. The smallest absolute Gasteiger partial charge is 0.160 e. The van der Waals surface area contributed by atoms with Crippen LogP contribution in [0.4, 0.5) is 0 Å². The number of aryl methyl sites for hydroxylation is 1. The zero-order valence-corrected chi connectivity index (χ0v) is 11.7. The molecule has 20 heavy (non-hydrogen) atoms. The van der Waals surface area contributed by atoms with Crippen molar-refractivity contribution in [3.8, 4) is 0 Å². The fraction of sp³-hybridized carbons (Fsp3) is 0.333. The molecule has 1 N–H and O–H groups in total. The lowest BCUT2D eigenvalue weighted by Crippen LogP contribution is -2.17. The Morgan fingerprint density at radius 2 is 2.10 bits per heavy atom. The fourth-order valence-electron chi connectivity index (χ4n) is 2.29. The molecule has 0 aliphatic carbocycles. The minimum Gasteiger partial charge on any atom is -0.354 e. The van der Waals surface area contributed by atoms with Crippen LogP contribution in [0.25, 0.3) is 5.65 Å². The molecule has 0 saturated carbocycles. The van der Waals surface area contributed by atoms with Gasteiger partial charge >= 0.3 is 0 Å². The number of pyridine rings is 1. The molecule has 0 spiro atoms. The minimum absolute atomic E-state index is 0.875. The molecule has 3 aromatic rings. The number of fused-ring (bicyclic) bond motifs is 1. The Balaban J connectivity index is 1.52. The minimum atomic E-state index is 0.875. The topological polar surface area (TPSA) is 47.2 Å². The van der Waals surface area contributed by atoms with E-state index in [2.05, 4.69) is 45.5 Å². The van der Waals surface area contributed by atoms with Gasteiger partial charge in [-0.15, -0.1) is 10.2 Å². The Morgan fingerprint density at radius 1 is 1.15 bits per heavy atom. The second-order valence-corrected chi connectivity index (χ2v) is 4.82. The third-order valence-corrected chi connectivity index (χ3v) is 3.42. The largest absolute Gasteiger partial charge is 0.354 e. The normalized spacial score (nSPS) is 11.2. The van der Waals surface area contributed by atoms with Crippen molar-refractivity contribution in [2.24, 2.45) is 0 Å². The van der Waals surface area contributed by atoms with Crippen LogP contribution in [0.5, 0.6) is 0 Å². The summed E-state index contributed by atoms with van der Waals surface area (Å²) in [7, 11) is 0. The number of aromatic nitrogens is 4. The molecule has 0 amide bonds. The lowest BCUT2D eigenvalue weighted by molar-refractivity contribution is 0.664. The summed E-state index contributed by atoms with van der Waals surface area (Å²) < 4.78 is 4.22. The maximum atomic E-state index is 4.23. The molecule has 0 bridgehead atoms. The van der Waals surface area contributed by atoms with Crippen molar-refractivity contribution in [1.82, 2.24) is 24.5 Å². The molecule has 0 saturated heterocycles. The van der Waals surface area contributed by atoms with Crippen molar-refractivity contribution >= 4 is 5.65 Å². The average molecular weight is 269 g/mol. The molecule has 0 unspecified atom stereocenters. The molecule has 3 rings (SSSR count). The van der Waals surface area contributed by atoms with Crippen molar-refractivity contribution in [3.63, 3.8) is 0 Å². The molecule has 0 radical (unpaired) electrons. The lowest BCUT2D eigenvalue weighted by atomic mass is 10.3. The number of hydrogen-bond donors (Lipinski definition) is 1. The molecule has 0 aliphatic heterocycles. The highest BCUT2D eigenvalue weighted by Gasteiger charge is 2.03. The van der Waals surface area contributed by atoms with Gasteiger partial charge in [-0.1, -0.05) is 6.07 Å². The van der Waals surface area contributed by atoms with Gasteiger partial charge in [0.25, 0.3) is 0 Å². The van der Waals surface area contributed by atoms with E-state index in [0.717, 1.165) is 37.5 Å². The van der Waals surface area contributed by atoms with Crippen molar-refractivity contribution in [2.75, 3.05) is 6.54 Å². The first-order valence-corrected chi connectivity index (χ1v) is 7.01. The van der Waals surface area contributed by atoms with Gasteiger partial charge in [-0.3, -0.25) is 4.40 Å². The van der Waals surface area contributed by atoms with Crippen LogP contribution in [0.1, 0.15) is 18.3 Å². The van der Waals surface area contributed by atoms with Gasteiger partial charge in [-0.25, -0.2) is 0 Å². The maximum absolute atomic E-state index is 4.23. The summed E-state index contributed by atoms with van der Waals surface area (Å²) in [5.41, 5.74) is 2.22. The Bertz CT molecular complexity index is 682. The van der Waals surface area contributed by atoms with E-state index >= 15 is 0 Å². The van der Waals surface area contributed by atoms with E-state index in [1.165, 1.54) is 5.56 Å². The molecule has 3 aromatic heterocycles. The first kappa shape index (κ1) is 12.9. The average Bonchev–Trinajstić information content (AvgIpc) is 3.10. The highest BCUT2D eigenvalue weighted by molar-refractivity contribution is 5.36. The zero-order chi connectivity index (χ0) is 13.8. The predicted octanol–water partition coefficient (Wildman–Crippen LogP) is 1.88. The van der Waals surface area contributed by atoms with Gasteiger partial charge in [0.2, 0.25) is 0 Å². The van der Waals surface area contributed by atoms with Crippen LogP contribution < -0.4 is 5.32 Å². The molecule has 5 heteroatoms. The molecule has 0 aliphatic rings. The standard InChI is InChI=1S/C15H19N5/c1-2-19-10-7-13(12-19)11-16-8-6-15-18-17-14-5-3-4-9-20(14)15/h3-5,7,9-10,12,16H,2,6,8,11H2,1H3. The van der Waals surface area contributed by atoms with Crippen LogP contribution in [0.15, 0.2) is 42.9 Å². The summed E-state index contributed by atoms with van der Waals surface area (Å²) in [6.07, 6.45) is 7.17. The zero-order valence-electron chi connectivity index (χ0n) is 11.7. The summed E-state index contributed by atoms with van der Waals surface area (Å²) in [6.45, 7) is 4.95. The maximum Gasteiger partial charge on any atom is 0.160 e. The number of hydrogen-bond acceptors (Lipinski definition) is 3. The summed E-state index contributed by atoms with van der Waals surface area (Å²) in [6, 6.07) is 8.10. The Labute approximate surface area is 118 Å². The summed E-state index contributed by atoms with van der Waals surface area (Å²) in [4.78, 5) is 0.